The van der Waals surface area contributed by atoms with Gasteiger partial charge in [-0.2, -0.15) is 0 Å². The monoisotopic (exact) mass is 327 g/mol. The lowest BCUT2D eigenvalue weighted by Crippen LogP contribution is -2.25. The molecular formula is C16H16ClF2NO2. The van der Waals surface area contributed by atoms with Crippen molar-refractivity contribution in [1.82, 2.24) is 4.98 Å². The van der Waals surface area contributed by atoms with Gasteiger partial charge in [0.1, 0.15) is 17.3 Å². The highest BCUT2D eigenvalue weighted by Gasteiger charge is 2.31. The van der Waals surface area contributed by atoms with Crippen LogP contribution in [0.15, 0.2) is 30.3 Å². The first kappa shape index (κ1) is 16.6. The van der Waals surface area contributed by atoms with Crippen molar-refractivity contribution in [2.75, 3.05) is 13.7 Å². The molecule has 1 aromatic heterocycles. The highest BCUT2D eigenvalue weighted by Crippen LogP contribution is 2.35. The number of rotatable bonds is 5. The third-order valence-corrected chi connectivity index (χ3v) is 3.83. The second-order valence-electron chi connectivity index (χ2n) is 4.85. The lowest BCUT2D eigenvalue weighted by molar-refractivity contribution is 0.0610. The van der Waals surface area contributed by atoms with E-state index in [1.807, 2.05) is 0 Å². The fourth-order valence-corrected chi connectivity index (χ4v) is 2.27. The maximum Gasteiger partial charge on any atom is 0.175 e. The summed E-state index contributed by atoms with van der Waals surface area (Å²) in [5, 5.41) is 9.23. The van der Waals surface area contributed by atoms with E-state index in [2.05, 4.69) is 4.98 Å². The summed E-state index contributed by atoms with van der Waals surface area (Å²) in [5.74, 6) is -0.146. The number of hydrogen-bond acceptors (Lipinski definition) is 3. The molecule has 2 aromatic rings. The Morgan fingerprint density at radius 1 is 1.32 bits per heavy atom. The van der Waals surface area contributed by atoms with Crippen LogP contribution in [-0.4, -0.2) is 23.8 Å². The summed E-state index contributed by atoms with van der Waals surface area (Å²) < 4.78 is 33.1. The Hall–Kier alpha value is -1.72. The predicted molar refractivity (Wildman–Crippen MR) is 81.4 cm³/mol. The van der Waals surface area contributed by atoms with Crippen LogP contribution in [0.2, 0.25) is 5.02 Å². The van der Waals surface area contributed by atoms with Crippen LogP contribution >= 0.6 is 11.6 Å². The number of hydrogen-bond donors (Lipinski definition) is 1. The minimum Gasteiger partial charge on any atom is -0.494 e. The number of alkyl halides is 1. The van der Waals surface area contributed by atoms with E-state index in [9.17, 15) is 13.9 Å². The SMILES string of the molecule is CCC(F)(CO)c1ccc(OC)c(-c2ccc(F)c(Cl)c2)n1. The van der Waals surface area contributed by atoms with Crippen LogP contribution < -0.4 is 4.74 Å². The van der Waals surface area contributed by atoms with Gasteiger partial charge < -0.3 is 9.84 Å². The quantitative estimate of drug-likeness (QED) is 0.898. The average Bonchev–Trinajstić information content (AvgIpc) is 2.56. The molecule has 1 atom stereocenters. The topological polar surface area (TPSA) is 42.4 Å². The Labute approximate surface area is 132 Å². The molecule has 0 fully saturated rings. The molecule has 0 saturated carbocycles. The minimum absolute atomic E-state index is 0.0593. The lowest BCUT2D eigenvalue weighted by atomic mass is 9.98. The number of nitrogens with zero attached hydrogens (tertiary/aromatic N) is 1. The molecule has 1 unspecified atom stereocenters. The van der Waals surface area contributed by atoms with Crippen LogP contribution in [0.4, 0.5) is 8.78 Å². The van der Waals surface area contributed by atoms with Crippen LogP contribution in [0.25, 0.3) is 11.3 Å². The second-order valence-corrected chi connectivity index (χ2v) is 5.26. The van der Waals surface area contributed by atoms with E-state index in [-0.39, 0.29) is 17.1 Å². The summed E-state index contributed by atoms with van der Waals surface area (Å²) in [7, 11) is 1.46. The Balaban J connectivity index is 2.60. The Kier molecular flexibility index (Phi) is 4.98. The number of ether oxygens (including phenoxy) is 1. The van der Waals surface area contributed by atoms with Crippen molar-refractivity contribution in [3.05, 3.63) is 46.9 Å². The molecule has 0 aliphatic heterocycles. The molecule has 22 heavy (non-hydrogen) atoms. The number of aliphatic hydroxyl groups is 1. The second kappa shape index (κ2) is 6.58. The van der Waals surface area contributed by atoms with Crippen LogP contribution in [0, 0.1) is 5.82 Å². The van der Waals surface area contributed by atoms with Gasteiger partial charge in [-0.1, -0.05) is 18.5 Å². The summed E-state index contributed by atoms with van der Waals surface area (Å²) in [5.41, 5.74) is -1.01. The minimum atomic E-state index is -1.94. The molecule has 3 nitrogen and oxygen atoms in total. The third kappa shape index (κ3) is 3.05. The van der Waals surface area contributed by atoms with Gasteiger partial charge in [0, 0.05) is 5.56 Å². The van der Waals surface area contributed by atoms with E-state index in [4.69, 9.17) is 16.3 Å². The molecule has 0 radical (unpaired) electrons. The molecule has 6 heteroatoms. The Bertz CT molecular complexity index is 675. The predicted octanol–water partition coefficient (Wildman–Crippen LogP) is 4.12. The number of halogens is 3. The lowest BCUT2D eigenvalue weighted by Gasteiger charge is -2.22. The average molecular weight is 328 g/mol. The summed E-state index contributed by atoms with van der Waals surface area (Å²) >= 11 is 5.79. The van der Waals surface area contributed by atoms with Gasteiger partial charge in [-0.15, -0.1) is 0 Å². The van der Waals surface area contributed by atoms with E-state index >= 15 is 0 Å². The molecule has 1 heterocycles. The van der Waals surface area contributed by atoms with Gasteiger partial charge in [-0.3, -0.25) is 0 Å². The Morgan fingerprint density at radius 2 is 2.05 bits per heavy atom. The number of methoxy groups -OCH3 is 1. The van der Waals surface area contributed by atoms with E-state index in [1.54, 1.807) is 13.0 Å². The summed E-state index contributed by atoms with van der Waals surface area (Å²) in [6.07, 6.45) is 0.0758. The molecular weight excluding hydrogens is 312 g/mol. The van der Waals surface area contributed by atoms with Gasteiger partial charge in [-0.25, -0.2) is 13.8 Å². The maximum atomic E-state index is 14.6. The van der Waals surface area contributed by atoms with Gasteiger partial charge in [0.25, 0.3) is 0 Å². The van der Waals surface area contributed by atoms with Crippen molar-refractivity contribution in [2.24, 2.45) is 0 Å². The first-order chi connectivity index (χ1) is 10.4. The molecule has 0 spiro atoms. The number of aliphatic hydroxyl groups excluding tert-OH is 1. The van der Waals surface area contributed by atoms with Crippen molar-refractivity contribution in [2.45, 2.75) is 19.0 Å². The number of aromatic nitrogens is 1. The summed E-state index contributed by atoms with van der Waals surface area (Å²) in [6.45, 7) is 0.947. The molecule has 1 aromatic carbocycles. The standard InChI is InChI=1S/C16H16ClF2NO2/c1-3-16(19,9-21)14-7-6-13(22-2)15(20-14)10-4-5-12(18)11(17)8-10/h4-8,21H,3,9H2,1-2H3. The van der Waals surface area contributed by atoms with Gasteiger partial charge in [-0.05, 0) is 36.8 Å². The van der Waals surface area contributed by atoms with Gasteiger partial charge >= 0.3 is 0 Å². The van der Waals surface area contributed by atoms with Crippen LogP contribution in [-0.2, 0) is 5.67 Å². The zero-order chi connectivity index (χ0) is 16.3. The van der Waals surface area contributed by atoms with E-state index in [0.717, 1.165) is 0 Å². The normalized spacial score (nSPS) is 13.7. The molecule has 0 saturated heterocycles. The van der Waals surface area contributed by atoms with Crippen molar-refractivity contribution < 1.29 is 18.6 Å². The summed E-state index contributed by atoms with van der Waals surface area (Å²) in [4.78, 5) is 4.26. The number of pyridine rings is 1. The molecule has 0 amide bonds. The fourth-order valence-electron chi connectivity index (χ4n) is 2.08. The van der Waals surface area contributed by atoms with Crippen molar-refractivity contribution in [3.63, 3.8) is 0 Å². The zero-order valence-corrected chi connectivity index (χ0v) is 13.0. The zero-order valence-electron chi connectivity index (χ0n) is 12.2. The molecule has 0 aliphatic carbocycles. The fraction of sp³-hybridized carbons (Fsp3) is 0.312. The smallest absolute Gasteiger partial charge is 0.175 e. The summed E-state index contributed by atoms with van der Waals surface area (Å²) in [6, 6.07) is 7.12. The molecule has 2 rings (SSSR count). The highest BCUT2D eigenvalue weighted by atomic mass is 35.5. The largest absolute Gasteiger partial charge is 0.494 e. The number of benzene rings is 1. The third-order valence-electron chi connectivity index (χ3n) is 3.54. The van der Waals surface area contributed by atoms with E-state index in [1.165, 1.54) is 31.4 Å². The van der Waals surface area contributed by atoms with Gasteiger partial charge in [0.15, 0.2) is 5.67 Å². The molecule has 0 aliphatic rings. The van der Waals surface area contributed by atoms with Gasteiger partial charge in [0.2, 0.25) is 0 Å². The molecule has 0 bridgehead atoms. The van der Waals surface area contributed by atoms with Crippen molar-refractivity contribution in [1.29, 1.82) is 0 Å². The van der Waals surface area contributed by atoms with Crippen LogP contribution in [0.5, 0.6) is 5.75 Å². The van der Waals surface area contributed by atoms with Crippen molar-refractivity contribution in [3.8, 4) is 17.0 Å². The highest BCUT2D eigenvalue weighted by molar-refractivity contribution is 6.31. The first-order valence-corrected chi connectivity index (χ1v) is 7.13. The van der Waals surface area contributed by atoms with Crippen LogP contribution in [0.1, 0.15) is 19.0 Å². The molecule has 118 valence electrons. The van der Waals surface area contributed by atoms with E-state index < -0.39 is 18.1 Å². The maximum absolute atomic E-state index is 14.6. The first-order valence-electron chi connectivity index (χ1n) is 6.76. The van der Waals surface area contributed by atoms with Gasteiger partial charge in [0.05, 0.1) is 24.4 Å². The van der Waals surface area contributed by atoms with Crippen molar-refractivity contribution >= 4 is 11.6 Å². The van der Waals surface area contributed by atoms with Crippen LogP contribution in [0.3, 0.4) is 0 Å². The molecule has 1 N–H and O–H groups in total. The Morgan fingerprint density at radius 3 is 2.59 bits per heavy atom. The van der Waals surface area contributed by atoms with E-state index in [0.29, 0.717) is 17.0 Å².